The van der Waals surface area contributed by atoms with E-state index >= 15 is 0 Å². The van der Waals surface area contributed by atoms with Crippen LogP contribution in [0.4, 0.5) is 0 Å². The molecule has 21 heavy (non-hydrogen) atoms. The summed E-state index contributed by atoms with van der Waals surface area (Å²) in [6.45, 7) is 6.17. The Hall–Kier alpha value is -1.45. The predicted octanol–water partition coefficient (Wildman–Crippen LogP) is 5.64. The van der Waals surface area contributed by atoms with Crippen molar-refractivity contribution >= 4 is 38.4 Å². The zero-order valence-corrected chi connectivity index (χ0v) is 14.4. The summed E-state index contributed by atoms with van der Waals surface area (Å²) in [7, 11) is 0. The highest BCUT2D eigenvalue weighted by molar-refractivity contribution is 9.10. The Kier molecular flexibility index (Phi) is 3.72. The molecule has 1 heterocycles. The van der Waals surface area contributed by atoms with E-state index in [1.807, 2.05) is 19.1 Å². The molecule has 0 saturated carbocycles. The first-order valence-electron chi connectivity index (χ1n) is 6.66. The van der Waals surface area contributed by atoms with Gasteiger partial charge in [0.25, 0.3) is 0 Å². The first kappa shape index (κ1) is 14.5. The highest BCUT2D eigenvalue weighted by Crippen LogP contribution is 2.30. The number of halogens is 2. The zero-order valence-electron chi connectivity index (χ0n) is 12.0. The van der Waals surface area contributed by atoms with Crippen LogP contribution in [-0.2, 0) is 0 Å². The van der Waals surface area contributed by atoms with E-state index in [9.17, 15) is 0 Å². The Bertz CT molecular complexity index is 839. The fourth-order valence-electron chi connectivity index (χ4n) is 2.56. The molecule has 2 aromatic carbocycles. The lowest BCUT2D eigenvalue weighted by Crippen LogP contribution is -1.95. The molecule has 0 N–H and O–H groups in total. The Morgan fingerprint density at radius 2 is 1.57 bits per heavy atom. The summed E-state index contributed by atoms with van der Waals surface area (Å²) in [4.78, 5) is 9.18. The van der Waals surface area contributed by atoms with Crippen molar-refractivity contribution in [2.75, 3.05) is 0 Å². The van der Waals surface area contributed by atoms with Crippen molar-refractivity contribution in [2.45, 2.75) is 20.8 Å². The first-order chi connectivity index (χ1) is 9.94. The second-order valence-corrected chi connectivity index (χ2v) is 6.61. The van der Waals surface area contributed by atoms with Crippen molar-refractivity contribution in [3.05, 3.63) is 56.6 Å². The van der Waals surface area contributed by atoms with Gasteiger partial charge in [0, 0.05) is 15.4 Å². The summed E-state index contributed by atoms with van der Waals surface area (Å²) < 4.78 is 0.983. The van der Waals surface area contributed by atoms with Gasteiger partial charge in [0.2, 0.25) is 0 Å². The predicted molar refractivity (Wildman–Crippen MR) is 91.9 cm³/mol. The van der Waals surface area contributed by atoms with Crippen molar-refractivity contribution in [1.29, 1.82) is 0 Å². The van der Waals surface area contributed by atoms with E-state index in [-0.39, 0.29) is 0 Å². The smallest absolute Gasteiger partial charge is 0.161 e. The van der Waals surface area contributed by atoms with Crippen LogP contribution in [0, 0.1) is 20.8 Å². The lowest BCUT2D eigenvalue weighted by Gasteiger charge is -2.09. The Balaban J connectivity index is 2.30. The second-order valence-electron chi connectivity index (χ2n) is 5.33. The molecule has 0 bridgehead atoms. The van der Waals surface area contributed by atoms with E-state index < -0.39 is 0 Å². The highest BCUT2D eigenvalue weighted by atomic mass is 79.9. The molecule has 3 aromatic rings. The summed E-state index contributed by atoms with van der Waals surface area (Å²) >= 11 is 9.85. The number of rotatable bonds is 1. The van der Waals surface area contributed by atoms with Crippen LogP contribution in [0.15, 0.2) is 34.8 Å². The van der Waals surface area contributed by atoms with Gasteiger partial charge in [0.15, 0.2) is 5.82 Å². The van der Waals surface area contributed by atoms with Crippen molar-refractivity contribution < 1.29 is 0 Å². The zero-order chi connectivity index (χ0) is 15.1. The van der Waals surface area contributed by atoms with Gasteiger partial charge in [0.05, 0.1) is 5.52 Å². The van der Waals surface area contributed by atoms with Gasteiger partial charge < -0.3 is 0 Å². The van der Waals surface area contributed by atoms with Gasteiger partial charge in [-0.1, -0.05) is 44.7 Å². The van der Waals surface area contributed by atoms with Gasteiger partial charge in [0.1, 0.15) is 5.15 Å². The van der Waals surface area contributed by atoms with Crippen LogP contribution < -0.4 is 0 Å². The van der Waals surface area contributed by atoms with Crippen LogP contribution in [-0.4, -0.2) is 9.97 Å². The third-order valence-electron chi connectivity index (χ3n) is 3.39. The molecule has 0 fully saturated rings. The standard InChI is InChI=1S/C17H14BrClN2/c1-9-4-10(2)6-12(5-9)17-20-15-11(3)7-13(18)8-14(15)16(19)21-17/h4-8H,1-3H3. The molecule has 0 amide bonds. The number of aromatic nitrogens is 2. The molecule has 0 aliphatic heterocycles. The Morgan fingerprint density at radius 3 is 2.24 bits per heavy atom. The maximum absolute atomic E-state index is 6.36. The normalized spacial score (nSPS) is 11.1. The summed E-state index contributed by atoms with van der Waals surface area (Å²) in [5.41, 5.74) is 5.36. The quantitative estimate of drug-likeness (QED) is 0.524. The van der Waals surface area contributed by atoms with Crippen molar-refractivity contribution in [1.82, 2.24) is 9.97 Å². The summed E-state index contributed by atoms with van der Waals surface area (Å²) in [6, 6.07) is 10.3. The summed E-state index contributed by atoms with van der Waals surface area (Å²) in [5, 5.41) is 1.36. The minimum atomic E-state index is 0.485. The number of nitrogens with zero attached hydrogens (tertiary/aromatic N) is 2. The summed E-state index contributed by atoms with van der Waals surface area (Å²) in [5.74, 6) is 0.671. The molecule has 0 spiro atoms. The van der Waals surface area contributed by atoms with Crippen LogP contribution in [0.1, 0.15) is 16.7 Å². The maximum atomic E-state index is 6.36. The molecule has 3 rings (SSSR count). The minimum absolute atomic E-state index is 0.485. The molecule has 0 aliphatic carbocycles. The average molecular weight is 362 g/mol. The Morgan fingerprint density at radius 1 is 0.905 bits per heavy atom. The fraction of sp³-hybridized carbons (Fsp3) is 0.176. The van der Waals surface area contributed by atoms with E-state index in [1.54, 1.807) is 0 Å². The molecule has 0 aliphatic rings. The lowest BCUT2D eigenvalue weighted by atomic mass is 10.1. The number of aryl methyl sites for hydroxylation is 3. The largest absolute Gasteiger partial charge is 0.228 e. The topological polar surface area (TPSA) is 25.8 Å². The third-order valence-corrected chi connectivity index (χ3v) is 4.14. The van der Waals surface area contributed by atoms with Gasteiger partial charge in [-0.15, -0.1) is 0 Å². The summed E-state index contributed by atoms with van der Waals surface area (Å²) in [6.07, 6.45) is 0. The molecule has 0 radical (unpaired) electrons. The Labute approximate surface area is 137 Å². The number of hydrogen-bond acceptors (Lipinski definition) is 2. The first-order valence-corrected chi connectivity index (χ1v) is 7.83. The van der Waals surface area contributed by atoms with E-state index in [0.717, 1.165) is 26.5 Å². The third kappa shape index (κ3) is 2.81. The average Bonchev–Trinajstić information content (AvgIpc) is 2.38. The molecule has 4 heteroatoms. The molecule has 2 nitrogen and oxygen atoms in total. The monoisotopic (exact) mass is 360 g/mol. The van der Waals surface area contributed by atoms with Crippen LogP contribution in [0.25, 0.3) is 22.3 Å². The van der Waals surface area contributed by atoms with Crippen LogP contribution in [0.5, 0.6) is 0 Å². The SMILES string of the molecule is Cc1cc(C)cc(-c2nc(Cl)c3cc(Br)cc(C)c3n2)c1. The van der Waals surface area contributed by atoms with E-state index in [2.05, 4.69) is 53.0 Å². The molecule has 106 valence electrons. The second kappa shape index (κ2) is 5.39. The van der Waals surface area contributed by atoms with Gasteiger partial charge in [-0.25, -0.2) is 9.97 Å². The molecule has 1 aromatic heterocycles. The van der Waals surface area contributed by atoms with Crippen molar-refractivity contribution in [3.63, 3.8) is 0 Å². The molecular formula is C17H14BrClN2. The maximum Gasteiger partial charge on any atom is 0.161 e. The number of benzene rings is 2. The van der Waals surface area contributed by atoms with E-state index in [4.69, 9.17) is 16.6 Å². The number of fused-ring (bicyclic) bond motifs is 1. The van der Waals surface area contributed by atoms with Crippen molar-refractivity contribution in [2.24, 2.45) is 0 Å². The van der Waals surface area contributed by atoms with Gasteiger partial charge in [-0.3, -0.25) is 0 Å². The minimum Gasteiger partial charge on any atom is -0.228 e. The fourth-order valence-corrected chi connectivity index (χ4v) is 3.35. The van der Waals surface area contributed by atoms with E-state index in [1.165, 1.54) is 11.1 Å². The molecule has 0 atom stereocenters. The van der Waals surface area contributed by atoms with Crippen LogP contribution in [0.3, 0.4) is 0 Å². The highest BCUT2D eigenvalue weighted by Gasteiger charge is 2.11. The van der Waals surface area contributed by atoms with Gasteiger partial charge in [-0.2, -0.15) is 0 Å². The molecule has 0 saturated heterocycles. The number of hydrogen-bond donors (Lipinski definition) is 0. The molecular weight excluding hydrogens is 348 g/mol. The van der Waals surface area contributed by atoms with Gasteiger partial charge in [-0.05, 0) is 50.6 Å². The van der Waals surface area contributed by atoms with Crippen LogP contribution in [0.2, 0.25) is 5.15 Å². The lowest BCUT2D eigenvalue weighted by molar-refractivity contribution is 1.21. The van der Waals surface area contributed by atoms with Crippen molar-refractivity contribution in [3.8, 4) is 11.4 Å². The van der Waals surface area contributed by atoms with Gasteiger partial charge >= 0.3 is 0 Å². The molecule has 0 unspecified atom stereocenters. The van der Waals surface area contributed by atoms with Crippen LogP contribution >= 0.6 is 27.5 Å². The van der Waals surface area contributed by atoms with E-state index in [0.29, 0.717) is 11.0 Å².